The maximum atomic E-state index is 11.9. The summed E-state index contributed by atoms with van der Waals surface area (Å²) in [6.45, 7) is 0. The van der Waals surface area contributed by atoms with E-state index in [1.807, 2.05) is 0 Å². The van der Waals surface area contributed by atoms with Crippen LogP contribution >= 0.6 is 0 Å². The number of aliphatic hydroxyl groups excluding tert-OH is 2. The predicted octanol–water partition coefficient (Wildman–Crippen LogP) is -0.872. The third kappa shape index (κ3) is 3.07. The number of amides is 1. The highest BCUT2D eigenvalue weighted by Gasteiger charge is 2.47. The fraction of sp³-hybridized carbons (Fsp3) is 0.625. The molecule has 3 heterocycles. The first-order valence-electron chi connectivity index (χ1n) is 8.99. The average Bonchev–Trinajstić information content (AvgIpc) is 3.36. The van der Waals surface area contributed by atoms with Gasteiger partial charge in [-0.15, -0.1) is 0 Å². The SMILES string of the molecule is CNC(=O)[C@H]1O[C@@H](n2cnc3c(NC4CCCC4)nc(N)nc32)[C@H](O)[C@@H]1O. The standard InChI is InChI=1S/C16H23N7O4/c1-18-14(26)11-9(24)10(25)15(27-11)23-6-19-8-12(20-7-4-2-3-5-7)21-16(17)22-13(8)23/h6-7,9-11,15,24-25H,2-5H2,1H3,(H,18,26)(H3,17,20,21,22)/t9-,10+,11-,15+/m0/s1. The van der Waals surface area contributed by atoms with E-state index < -0.39 is 30.4 Å². The molecule has 27 heavy (non-hydrogen) atoms. The highest BCUT2D eigenvalue weighted by Crippen LogP contribution is 2.33. The van der Waals surface area contributed by atoms with E-state index in [2.05, 4.69) is 25.6 Å². The van der Waals surface area contributed by atoms with Crippen LogP contribution in [0.3, 0.4) is 0 Å². The summed E-state index contributed by atoms with van der Waals surface area (Å²) in [5.41, 5.74) is 6.71. The van der Waals surface area contributed by atoms with Gasteiger partial charge in [-0.1, -0.05) is 12.8 Å². The summed E-state index contributed by atoms with van der Waals surface area (Å²) in [5, 5.41) is 26.3. The van der Waals surface area contributed by atoms with Crippen molar-refractivity contribution in [2.24, 2.45) is 0 Å². The first-order valence-corrected chi connectivity index (χ1v) is 8.99. The second kappa shape index (κ2) is 6.91. The lowest BCUT2D eigenvalue weighted by molar-refractivity contribution is -0.137. The van der Waals surface area contributed by atoms with Crippen molar-refractivity contribution in [3.05, 3.63) is 6.33 Å². The minimum Gasteiger partial charge on any atom is -0.387 e. The third-order valence-corrected chi connectivity index (χ3v) is 5.15. The lowest BCUT2D eigenvalue weighted by Gasteiger charge is -2.17. The van der Waals surface area contributed by atoms with Crippen LogP contribution in [-0.2, 0) is 9.53 Å². The van der Waals surface area contributed by atoms with Crippen LogP contribution in [0.2, 0.25) is 0 Å². The number of nitrogen functional groups attached to an aromatic ring is 1. The number of aromatic nitrogens is 4. The molecule has 0 spiro atoms. The molecule has 0 bridgehead atoms. The van der Waals surface area contributed by atoms with Crippen LogP contribution in [-0.4, -0.2) is 67.0 Å². The maximum Gasteiger partial charge on any atom is 0.251 e. The number of hydrogen-bond acceptors (Lipinski definition) is 9. The molecule has 1 saturated carbocycles. The number of anilines is 2. The Balaban J connectivity index is 1.68. The van der Waals surface area contributed by atoms with Crippen molar-refractivity contribution < 1.29 is 19.7 Å². The van der Waals surface area contributed by atoms with Crippen LogP contribution in [0, 0.1) is 0 Å². The molecule has 1 aliphatic heterocycles. The zero-order valence-corrected chi connectivity index (χ0v) is 14.9. The van der Waals surface area contributed by atoms with E-state index in [1.165, 1.54) is 17.9 Å². The molecular weight excluding hydrogens is 354 g/mol. The Morgan fingerprint density at radius 2 is 2.04 bits per heavy atom. The fourth-order valence-corrected chi connectivity index (χ4v) is 3.73. The Bertz CT molecular complexity index is 851. The zero-order valence-electron chi connectivity index (χ0n) is 14.9. The first-order chi connectivity index (χ1) is 13.0. The van der Waals surface area contributed by atoms with Gasteiger partial charge in [-0.3, -0.25) is 9.36 Å². The highest BCUT2D eigenvalue weighted by atomic mass is 16.6. The molecule has 1 amide bonds. The number of nitrogens with zero attached hydrogens (tertiary/aromatic N) is 4. The molecule has 146 valence electrons. The van der Waals surface area contributed by atoms with Gasteiger partial charge in [0.1, 0.15) is 12.2 Å². The van der Waals surface area contributed by atoms with Gasteiger partial charge in [0.25, 0.3) is 5.91 Å². The molecule has 0 aromatic carbocycles. The topological polar surface area (TPSA) is 160 Å². The van der Waals surface area contributed by atoms with Crippen molar-refractivity contribution >= 4 is 28.8 Å². The second-order valence-electron chi connectivity index (χ2n) is 6.92. The van der Waals surface area contributed by atoms with Gasteiger partial charge in [0.15, 0.2) is 29.3 Å². The molecule has 1 aliphatic carbocycles. The van der Waals surface area contributed by atoms with E-state index in [0.717, 1.165) is 25.7 Å². The summed E-state index contributed by atoms with van der Waals surface area (Å²) in [4.78, 5) is 24.7. The van der Waals surface area contributed by atoms with Crippen molar-refractivity contribution in [2.45, 2.75) is 56.3 Å². The second-order valence-corrected chi connectivity index (χ2v) is 6.92. The number of fused-ring (bicyclic) bond motifs is 1. The van der Waals surface area contributed by atoms with Gasteiger partial charge in [-0.05, 0) is 12.8 Å². The number of likely N-dealkylation sites (N-methyl/N-ethyl adjacent to an activating group) is 1. The molecule has 0 unspecified atom stereocenters. The van der Waals surface area contributed by atoms with Crippen molar-refractivity contribution in [3.63, 3.8) is 0 Å². The Morgan fingerprint density at radius 1 is 1.30 bits per heavy atom. The van der Waals surface area contributed by atoms with Crippen molar-refractivity contribution in [1.29, 1.82) is 0 Å². The van der Waals surface area contributed by atoms with Crippen LogP contribution in [0.4, 0.5) is 11.8 Å². The number of imidazole rings is 1. The molecule has 4 atom stereocenters. The Morgan fingerprint density at radius 3 is 2.74 bits per heavy atom. The number of carbonyl (C=O) groups is 1. The highest BCUT2D eigenvalue weighted by molar-refractivity contribution is 5.84. The van der Waals surface area contributed by atoms with Gasteiger partial charge in [-0.2, -0.15) is 9.97 Å². The van der Waals surface area contributed by atoms with Crippen LogP contribution in [0.1, 0.15) is 31.9 Å². The molecule has 4 rings (SSSR count). The number of aliphatic hydroxyl groups is 2. The van der Waals surface area contributed by atoms with E-state index in [9.17, 15) is 15.0 Å². The fourth-order valence-electron chi connectivity index (χ4n) is 3.73. The van der Waals surface area contributed by atoms with Gasteiger partial charge < -0.3 is 31.3 Å². The van der Waals surface area contributed by atoms with E-state index in [1.54, 1.807) is 0 Å². The molecule has 1 saturated heterocycles. The summed E-state index contributed by atoms with van der Waals surface area (Å²) >= 11 is 0. The summed E-state index contributed by atoms with van der Waals surface area (Å²) in [6.07, 6.45) is 0.949. The van der Waals surface area contributed by atoms with Crippen molar-refractivity contribution in [2.75, 3.05) is 18.1 Å². The molecule has 0 radical (unpaired) electrons. The predicted molar refractivity (Wildman–Crippen MR) is 95.6 cm³/mol. The quantitative estimate of drug-likeness (QED) is 0.456. The molecular formula is C16H23N7O4. The number of nitrogens with two attached hydrogens (primary N) is 1. The summed E-state index contributed by atoms with van der Waals surface area (Å²) in [5.74, 6) is 0.0610. The number of ether oxygens (including phenoxy) is 1. The Labute approximate surface area is 154 Å². The summed E-state index contributed by atoms with van der Waals surface area (Å²) in [6, 6.07) is 0.306. The third-order valence-electron chi connectivity index (χ3n) is 5.15. The molecule has 2 aliphatic rings. The van der Waals surface area contributed by atoms with E-state index >= 15 is 0 Å². The van der Waals surface area contributed by atoms with Crippen LogP contribution in [0.5, 0.6) is 0 Å². The number of carbonyl (C=O) groups excluding carboxylic acids is 1. The lowest BCUT2D eigenvalue weighted by Crippen LogP contribution is -2.41. The van der Waals surface area contributed by atoms with Crippen LogP contribution in [0.15, 0.2) is 6.33 Å². The lowest BCUT2D eigenvalue weighted by atomic mass is 10.1. The molecule has 11 heteroatoms. The van der Waals surface area contributed by atoms with E-state index in [-0.39, 0.29) is 5.95 Å². The van der Waals surface area contributed by atoms with Gasteiger partial charge in [0.05, 0.1) is 6.33 Å². The van der Waals surface area contributed by atoms with Gasteiger partial charge >= 0.3 is 0 Å². The smallest absolute Gasteiger partial charge is 0.251 e. The van der Waals surface area contributed by atoms with E-state index in [4.69, 9.17) is 10.5 Å². The average molecular weight is 377 g/mol. The Kier molecular flexibility index (Phi) is 4.58. The van der Waals surface area contributed by atoms with Crippen LogP contribution < -0.4 is 16.4 Å². The monoisotopic (exact) mass is 377 g/mol. The first kappa shape index (κ1) is 17.9. The van der Waals surface area contributed by atoms with Crippen molar-refractivity contribution in [1.82, 2.24) is 24.8 Å². The maximum absolute atomic E-state index is 11.9. The van der Waals surface area contributed by atoms with Gasteiger partial charge in [-0.25, -0.2) is 4.98 Å². The molecule has 2 aromatic rings. The summed E-state index contributed by atoms with van der Waals surface area (Å²) in [7, 11) is 1.43. The molecule has 2 fully saturated rings. The summed E-state index contributed by atoms with van der Waals surface area (Å²) < 4.78 is 7.06. The minimum absolute atomic E-state index is 0.0561. The van der Waals surface area contributed by atoms with Crippen LogP contribution in [0.25, 0.3) is 11.2 Å². The van der Waals surface area contributed by atoms with Gasteiger partial charge in [0, 0.05) is 13.1 Å². The molecule has 6 N–H and O–H groups in total. The normalized spacial score (nSPS) is 28.7. The number of rotatable bonds is 4. The van der Waals surface area contributed by atoms with Crippen molar-refractivity contribution in [3.8, 4) is 0 Å². The van der Waals surface area contributed by atoms with E-state index in [0.29, 0.717) is 23.0 Å². The molecule has 2 aromatic heterocycles. The Hall–Kier alpha value is -2.50. The largest absolute Gasteiger partial charge is 0.387 e. The number of hydrogen-bond donors (Lipinski definition) is 5. The number of nitrogens with one attached hydrogen (secondary N) is 2. The molecule has 11 nitrogen and oxygen atoms in total. The van der Waals surface area contributed by atoms with Gasteiger partial charge in [0.2, 0.25) is 5.95 Å². The zero-order chi connectivity index (χ0) is 19.1. The minimum atomic E-state index is -1.37.